The smallest absolute Gasteiger partial charge is 0.251 e. The Balaban J connectivity index is 2.17. The fourth-order valence-corrected chi connectivity index (χ4v) is 2.96. The standard InChI is InChI=1S/C19H19N5O2/c1-11-5-13(3)18-15(6-11)12(2)7-16(22-18)24-19(14(8-20)9-21-24)23-17(25)10-26-4/h5-7,9H,10H2,1-4H3,(H,23,25). The third-order valence-electron chi connectivity index (χ3n) is 4.08. The number of aryl methyl sites for hydroxylation is 3. The second-order valence-corrected chi connectivity index (χ2v) is 6.19. The molecule has 0 aliphatic heterocycles. The van der Waals surface area contributed by atoms with Gasteiger partial charge in [-0.15, -0.1) is 0 Å². The van der Waals surface area contributed by atoms with E-state index in [4.69, 9.17) is 9.72 Å². The number of rotatable bonds is 4. The molecule has 1 N–H and O–H groups in total. The SMILES string of the molecule is COCC(=O)Nc1c(C#N)cnn1-c1cc(C)c2cc(C)cc(C)c2n1. The molecule has 0 fully saturated rings. The number of nitrogens with one attached hydrogen (secondary N) is 1. The zero-order chi connectivity index (χ0) is 18.8. The lowest BCUT2D eigenvalue weighted by Gasteiger charge is -2.12. The fourth-order valence-electron chi connectivity index (χ4n) is 2.96. The summed E-state index contributed by atoms with van der Waals surface area (Å²) < 4.78 is 6.31. The van der Waals surface area contributed by atoms with Gasteiger partial charge >= 0.3 is 0 Å². The average Bonchev–Trinajstić information content (AvgIpc) is 2.98. The zero-order valence-corrected chi connectivity index (χ0v) is 15.1. The Morgan fingerprint density at radius 1 is 1.27 bits per heavy atom. The number of methoxy groups -OCH3 is 1. The summed E-state index contributed by atoms with van der Waals surface area (Å²) in [5.41, 5.74) is 4.40. The first-order chi connectivity index (χ1) is 12.4. The molecule has 0 aliphatic carbocycles. The first kappa shape index (κ1) is 17.6. The normalized spacial score (nSPS) is 10.7. The Kier molecular flexibility index (Phi) is 4.69. The maximum atomic E-state index is 11.9. The Hall–Kier alpha value is -3.24. The molecule has 132 valence electrons. The van der Waals surface area contributed by atoms with E-state index in [1.165, 1.54) is 23.6 Å². The second kappa shape index (κ2) is 6.94. The number of carbonyl (C=O) groups is 1. The molecule has 2 heterocycles. The second-order valence-electron chi connectivity index (χ2n) is 6.19. The van der Waals surface area contributed by atoms with Gasteiger partial charge in [0.2, 0.25) is 0 Å². The predicted octanol–water partition coefficient (Wildman–Crippen LogP) is 2.80. The number of fused-ring (bicyclic) bond motifs is 1. The van der Waals surface area contributed by atoms with E-state index in [2.05, 4.69) is 29.5 Å². The molecule has 3 aromatic rings. The van der Waals surface area contributed by atoms with E-state index in [0.717, 1.165) is 22.0 Å². The third kappa shape index (κ3) is 3.15. The van der Waals surface area contributed by atoms with Crippen molar-refractivity contribution in [2.75, 3.05) is 19.0 Å². The molecule has 1 amide bonds. The van der Waals surface area contributed by atoms with Crippen LogP contribution in [0.2, 0.25) is 0 Å². The summed E-state index contributed by atoms with van der Waals surface area (Å²) in [6, 6.07) is 8.10. The summed E-state index contributed by atoms with van der Waals surface area (Å²) in [6.07, 6.45) is 1.41. The number of carbonyl (C=O) groups excluding carboxylic acids is 1. The molecule has 7 nitrogen and oxygen atoms in total. The number of amides is 1. The highest BCUT2D eigenvalue weighted by Crippen LogP contribution is 2.26. The number of benzene rings is 1. The summed E-state index contributed by atoms with van der Waals surface area (Å²) in [6.45, 7) is 5.95. The number of pyridine rings is 1. The topological polar surface area (TPSA) is 92.8 Å². The number of nitrogens with zero attached hydrogens (tertiary/aromatic N) is 4. The minimum Gasteiger partial charge on any atom is -0.375 e. The lowest BCUT2D eigenvalue weighted by molar-refractivity contribution is -0.119. The van der Waals surface area contributed by atoms with Crippen LogP contribution in [0.5, 0.6) is 0 Å². The molecule has 0 radical (unpaired) electrons. The lowest BCUT2D eigenvalue weighted by atomic mass is 10.0. The van der Waals surface area contributed by atoms with Gasteiger partial charge < -0.3 is 10.1 Å². The highest BCUT2D eigenvalue weighted by Gasteiger charge is 2.17. The van der Waals surface area contributed by atoms with Gasteiger partial charge in [-0.05, 0) is 44.0 Å². The van der Waals surface area contributed by atoms with Crippen molar-refractivity contribution in [2.45, 2.75) is 20.8 Å². The van der Waals surface area contributed by atoms with Crippen LogP contribution in [0.1, 0.15) is 22.3 Å². The number of nitriles is 1. The largest absolute Gasteiger partial charge is 0.375 e. The first-order valence-electron chi connectivity index (χ1n) is 8.10. The molecular weight excluding hydrogens is 330 g/mol. The van der Waals surface area contributed by atoms with Gasteiger partial charge in [-0.25, -0.2) is 4.98 Å². The Labute approximate surface area is 151 Å². The molecule has 0 bridgehead atoms. The highest BCUT2D eigenvalue weighted by molar-refractivity contribution is 5.92. The Bertz CT molecular complexity index is 1050. The maximum Gasteiger partial charge on any atom is 0.251 e. The van der Waals surface area contributed by atoms with E-state index in [1.807, 2.05) is 26.0 Å². The minimum absolute atomic E-state index is 0.112. The number of hydrogen-bond acceptors (Lipinski definition) is 5. The molecule has 1 aromatic carbocycles. The van der Waals surface area contributed by atoms with Crippen molar-refractivity contribution in [1.29, 1.82) is 5.26 Å². The van der Waals surface area contributed by atoms with Gasteiger partial charge in [-0.3, -0.25) is 4.79 Å². The van der Waals surface area contributed by atoms with Gasteiger partial charge in [-0.2, -0.15) is 15.0 Å². The van der Waals surface area contributed by atoms with Gasteiger partial charge in [0.1, 0.15) is 18.2 Å². The molecule has 2 aromatic heterocycles. The monoisotopic (exact) mass is 349 g/mol. The highest BCUT2D eigenvalue weighted by atomic mass is 16.5. The average molecular weight is 349 g/mol. The van der Waals surface area contributed by atoms with E-state index in [9.17, 15) is 10.1 Å². The minimum atomic E-state index is -0.366. The van der Waals surface area contributed by atoms with Crippen LogP contribution < -0.4 is 5.32 Å². The molecule has 0 saturated carbocycles. The van der Waals surface area contributed by atoms with E-state index >= 15 is 0 Å². The summed E-state index contributed by atoms with van der Waals surface area (Å²) in [4.78, 5) is 16.6. The summed E-state index contributed by atoms with van der Waals surface area (Å²) in [7, 11) is 1.43. The van der Waals surface area contributed by atoms with Gasteiger partial charge in [-0.1, -0.05) is 11.6 Å². The number of hydrogen-bond donors (Lipinski definition) is 1. The number of anilines is 1. The molecular formula is C19H19N5O2. The van der Waals surface area contributed by atoms with Gasteiger partial charge in [0.05, 0.1) is 11.7 Å². The van der Waals surface area contributed by atoms with Crippen molar-refractivity contribution in [3.8, 4) is 11.9 Å². The molecule has 0 spiro atoms. The van der Waals surface area contributed by atoms with Crippen LogP contribution in [0.25, 0.3) is 16.7 Å². The molecule has 0 aliphatic rings. The van der Waals surface area contributed by atoms with Crippen molar-refractivity contribution < 1.29 is 9.53 Å². The Morgan fingerprint density at radius 2 is 2.04 bits per heavy atom. The molecule has 26 heavy (non-hydrogen) atoms. The van der Waals surface area contributed by atoms with Crippen molar-refractivity contribution in [3.63, 3.8) is 0 Å². The summed E-state index contributed by atoms with van der Waals surface area (Å²) in [5.74, 6) is 0.455. The van der Waals surface area contributed by atoms with Gasteiger partial charge in [0.25, 0.3) is 5.91 Å². The molecule has 3 rings (SSSR count). The number of ether oxygens (including phenoxy) is 1. The van der Waals surface area contributed by atoms with Crippen molar-refractivity contribution in [1.82, 2.24) is 14.8 Å². The number of aromatic nitrogens is 3. The van der Waals surface area contributed by atoms with Gasteiger partial charge in [0, 0.05) is 12.5 Å². The van der Waals surface area contributed by atoms with Crippen LogP contribution in [-0.2, 0) is 9.53 Å². The predicted molar refractivity (Wildman–Crippen MR) is 98.3 cm³/mol. The molecule has 7 heteroatoms. The summed E-state index contributed by atoms with van der Waals surface area (Å²) >= 11 is 0. The van der Waals surface area contributed by atoms with Crippen molar-refractivity contribution >= 4 is 22.6 Å². The van der Waals surface area contributed by atoms with Gasteiger partial charge in [0.15, 0.2) is 11.6 Å². The molecule has 0 saturated heterocycles. The van der Waals surface area contributed by atoms with E-state index in [0.29, 0.717) is 5.82 Å². The van der Waals surface area contributed by atoms with Crippen LogP contribution in [0, 0.1) is 32.1 Å². The third-order valence-corrected chi connectivity index (χ3v) is 4.08. The first-order valence-corrected chi connectivity index (χ1v) is 8.10. The van der Waals surface area contributed by atoms with E-state index in [1.54, 1.807) is 0 Å². The van der Waals surface area contributed by atoms with Crippen LogP contribution in [-0.4, -0.2) is 34.4 Å². The van der Waals surface area contributed by atoms with E-state index in [-0.39, 0.29) is 23.9 Å². The van der Waals surface area contributed by atoms with Crippen LogP contribution in [0.15, 0.2) is 24.4 Å². The van der Waals surface area contributed by atoms with Crippen molar-refractivity contribution in [3.05, 3.63) is 46.6 Å². The lowest BCUT2D eigenvalue weighted by Crippen LogP contribution is -2.20. The quantitative estimate of drug-likeness (QED) is 0.782. The zero-order valence-electron chi connectivity index (χ0n) is 15.1. The Morgan fingerprint density at radius 3 is 2.73 bits per heavy atom. The van der Waals surface area contributed by atoms with E-state index < -0.39 is 0 Å². The maximum absolute atomic E-state index is 11.9. The fraction of sp³-hybridized carbons (Fsp3) is 0.263. The van der Waals surface area contributed by atoms with Crippen LogP contribution in [0.4, 0.5) is 5.82 Å². The molecule has 0 unspecified atom stereocenters. The van der Waals surface area contributed by atoms with Crippen LogP contribution in [0.3, 0.4) is 0 Å². The van der Waals surface area contributed by atoms with Crippen LogP contribution >= 0.6 is 0 Å². The molecule has 0 atom stereocenters. The summed E-state index contributed by atoms with van der Waals surface area (Å²) in [5, 5.41) is 17.3. The van der Waals surface area contributed by atoms with Crippen molar-refractivity contribution in [2.24, 2.45) is 0 Å².